The van der Waals surface area contributed by atoms with E-state index in [2.05, 4.69) is 31.3 Å². The number of nitrogens with one attached hydrogen (secondary N) is 1. The molecule has 5 heteroatoms. The zero-order valence-electron chi connectivity index (χ0n) is 13.7. The number of nitrogens with zero attached hydrogens (tertiary/aromatic N) is 2. The van der Waals surface area contributed by atoms with Gasteiger partial charge >= 0.3 is 0 Å². The van der Waals surface area contributed by atoms with E-state index in [9.17, 15) is 4.79 Å². The number of carbonyl (C=O) groups is 1. The molecule has 0 aromatic heterocycles. The number of ether oxygens (including phenoxy) is 1. The largest absolute Gasteiger partial charge is 0.484 e. The molecule has 1 amide bonds. The molecule has 1 aromatic carbocycles. The lowest BCUT2D eigenvalue weighted by atomic mass is 9.77. The van der Waals surface area contributed by atoms with Crippen molar-refractivity contribution in [2.45, 2.75) is 33.6 Å². The minimum Gasteiger partial charge on any atom is -0.484 e. The second kappa shape index (κ2) is 7.10. The first-order valence-corrected chi connectivity index (χ1v) is 7.53. The summed E-state index contributed by atoms with van der Waals surface area (Å²) in [6.45, 7) is 6.34. The van der Waals surface area contributed by atoms with E-state index < -0.39 is 0 Å². The van der Waals surface area contributed by atoms with Gasteiger partial charge in [0, 0.05) is 0 Å². The van der Waals surface area contributed by atoms with Crippen LogP contribution in [0.1, 0.15) is 39.2 Å². The van der Waals surface area contributed by atoms with E-state index in [0.717, 1.165) is 18.6 Å². The highest BCUT2D eigenvalue weighted by Crippen LogP contribution is 2.33. The van der Waals surface area contributed by atoms with Crippen molar-refractivity contribution in [1.29, 1.82) is 5.26 Å². The fourth-order valence-corrected chi connectivity index (χ4v) is 2.71. The smallest absolute Gasteiger partial charge is 0.277 e. The van der Waals surface area contributed by atoms with Gasteiger partial charge in [0.2, 0.25) is 0 Å². The van der Waals surface area contributed by atoms with Gasteiger partial charge in [0.15, 0.2) is 6.61 Å². The SMILES string of the molecule is CC1=C/C(=N/NC(=O)COc2ccc(C#N)cc2)CC(C)(C)C1. The van der Waals surface area contributed by atoms with Crippen molar-refractivity contribution in [2.24, 2.45) is 10.5 Å². The van der Waals surface area contributed by atoms with E-state index in [1.165, 1.54) is 5.57 Å². The van der Waals surface area contributed by atoms with Gasteiger partial charge in [-0.05, 0) is 55.5 Å². The maximum Gasteiger partial charge on any atom is 0.277 e. The van der Waals surface area contributed by atoms with Crippen molar-refractivity contribution < 1.29 is 9.53 Å². The first-order valence-electron chi connectivity index (χ1n) is 7.53. The number of hydrogen-bond acceptors (Lipinski definition) is 4. The Morgan fingerprint density at radius 2 is 2.04 bits per heavy atom. The Morgan fingerprint density at radius 3 is 2.65 bits per heavy atom. The molecule has 0 radical (unpaired) electrons. The maximum atomic E-state index is 11.8. The zero-order valence-corrected chi connectivity index (χ0v) is 13.7. The summed E-state index contributed by atoms with van der Waals surface area (Å²) in [7, 11) is 0. The van der Waals surface area contributed by atoms with Crippen LogP contribution in [0.3, 0.4) is 0 Å². The average molecular weight is 311 g/mol. The Labute approximate surface area is 136 Å². The van der Waals surface area contributed by atoms with Crippen molar-refractivity contribution >= 4 is 11.6 Å². The molecule has 0 spiro atoms. The summed E-state index contributed by atoms with van der Waals surface area (Å²) in [4.78, 5) is 11.8. The quantitative estimate of drug-likeness (QED) is 0.868. The molecule has 0 unspecified atom stereocenters. The lowest BCUT2D eigenvalue weighted by Crippen LogP contribution is -2.28. The van der Waals surface area contributed by atoms with Crippen molar-refractivity contribution in [3.8, 4) is 11.8 Å². The van der Waals surface area contributed by atoms with Crippen LogP contribution in [0, 0.1) is 16.7 Å². The van der Waals surface area contributed by atoms with Crippen LogP contribution in [0.5, 0.6) is 5.75 Å². The Morgan fingerprint density at radius 1 is 1.35 bits per heavy atom. The van der Waals surface area contributed by atoms with E-state index in [1.807, 2.05) is 12.1 Å². The van der Waals surface area contributed by atoms with Crippen molar-refractivity contribution in [3.63, 3.8) is 0 Å². The molecule has 1 N–H and O–H groups in total. The number of hydrogen-bond donors (Lipinski definition) is 1. The molecule has 0 heterocycles. The van der Waals surface area contributed by atoms with Crippen LogP contribution in [-0.2, 0) is 4.79 Å². The van der Waals surface area contributed by atoms with Crippen LogP contribution < -0.4 is 10.2 Å². The van der Waals surface area contributed by atoms with Gasteiger partial charge in [0.05, 0.1) is 17.3 Å². The van der Waals surface area contributed by atoms with Gasteiger partial charge in [-0.3, -0.25) is 4.79 Å². The maximum absolute atomic E-state index is 11.8. The molecule has 120 valence electrons. The van der Waals surface area contributed by atoms with Crippen molar-refractivity contribution in [2.75, 3.05) is 6.61 Å². The summed E-state index contributed by atoms with van der Waals surface area (Å²) in [6, 6.07) is 8.64. The fraction of sp³-hybridized carbons (Fsp3) is 0.389. The fourth-order valence-electron chi connectivity index (χ4n) is 2.71. The predicted molar refractivity (Wildman–Crippen MR) is 89.0 cm³/mol. The molecule has 0 bridgehead atoms. The molecule has 0 atom stereocenters. The molecule has 1 aromatic rings. The van der Waals surface area contributed by atoms with Crippen LogP contribution in [0.25, 0.3) is 0 Å². The second-order valence-corrected chi connectivity index (χ2v) is 6.57. The van der Waals surface area contributed by atoms with E-state index in [4.69, 9.17) is 10.00 Å². The van der Waals surface area contributed by atoms with Gasteiger partial charge in [-0.2, -0.15) is 10.4 Å². The Balaban J connectivity index is 1.86. The summed E-state index contributed by atoms with van der Waals surface area (Å²) in [6.07, 6.45) is 3.90. The molecule has 5 nitrogen and oxygen atoms in total. The van der Waals surface area contributed by atoms with Crippen LogP contribution in [0.15, 0.2) is 41.0 Å². The zero-order chi connectivity index (χ0) is 16.9. The molecule has 2 rings (SSSR count). The Hall–Kier alpha value is -2.61. The first-order chi connectivity index (χ1) is 10.9. The molecule has 1 aliphatic rings. The van der Waals surface area contributed by atoms with Crippen molar-refractivity contribution in [1.82, 2.24) is 5.43 Å². The summed E-state index contributed by atoms with van der Waals surface area (Å²) >= 11 is 0. The molecule has 23 heavy (non-hydrogen) atoms. The van der Waals surface area contributed by atoms with Crippen LogP contribution in [0.4, 0.5) is 0 Å². The number of nitriles is 1. The van der Waals surface area contributed by atoms with Crippen LogP contribution >= 0.6 is 0 Å². The number of allylic oxidation sites excluding steroid dienone is 2. The number of benzene rings is 1. The van der Waals surface area contributed by atoms with Crippen molar-refractivity contribution in [3.05, 3.63) is 41.5 Å². The van der Waals surface area contributed by atoms with E-state index >= 15 is 0 Å². The lowest BCUT2D eigenvalue weighted by molar-refractivity contribution is -0.123. The first kappa shape index (κ1) is 16.8. The van der Waals surface area contributed by atoms with Gasteiger partial charge in [0.1, 0.15) is 5.75 Å². The number of amides is 1. The van der Waals surface area contributed by atoms with Gasteiger partial charge in [-0.15, -0.1) is 0 Å². The van der Waals surface area contributed by atoms with Crippen LogP contribution in [-0.4, -0.2) is 18.2 Å². The summed E-state index contributed by atoms with van der Waals surface area (Å²) in [5, 5.41) is 12.9. The molecular weight excluding hydrogens is 290 g/mol. The summed E-state index contributed by atoms with van der Waals surface area (Å²) in [5.74, 6) is 0.234. The average Bonchev–Trinajstić information content (AvgIpc) is 2.49. The van der Waals surface area contributed by atoms with E-state index in [-0.39, 0.29) is 17.9 Å². The third-order valence-corrected chi connectivity index (χ3v) is 3.51. The minimum atomic E-state index is -0.309. The third kappa shape index (κ3) is 5.26. The number of hydrazone groups is 1. The highest BCUT2D eigenvalue weighted by molar-refractivity contribution is 5.97. The monoisotopic (exact) mass is 311 g/mol. The van der Waals surface area contributed by atoms with E-state index in [0.29, 0.717) is 11.3 Å². The Bertz CT molecular complexity index is 679. The van der Waals surface area contributed by atoms with Gasteiger partial charge in [-0.25, -0.2) is 5.43 Å². The minimum absolute atomic E-state index is 0.116. The normalized spacial score (nSPS) is 18.0. The number of rotatable bonds is 4. The highest BCUT2D eigenvalue weighted by Gasteiger charge is 2.24. The van der Waals surface area contributed by atoms with Gasteiger partial charge in [0.25, 0.3) is 5.91 Å². The number of carbonyl (C=O) groups excluding carboxylic acids is 1. The summed E-state index contributed by atoms with van der Waals surface area (Å²) < 4.78 is 5.36. The van der Waals surface area contributed by atoms with Gasteiger partial charge in [-0.1, -0.05) is 19.4 Å². The predicted octanol–water partition coefficient (Wildman–Crippen LogP) is 3.18. The summed E-state index contributed by atoms with van der Waals surface area (Å²) in [5.41, 5.74) is 5.40. The molecule has 0 saturated heterocycles. The molecule has 0 aliphatic heterocycles. The van der Waals surface area contributed by atoms with E-state index in [1.54, 1.807) is 24.3 Å². The lowest BCUT2D eigenvalue weighted by Gasteiger charge is -2.29. The topological polar surface area (TPSA) is 74.5 Å². The second-order valence-electron chi connectivity index (χ2n) is 6.57. The highest BCUT2D eigenvalue weighted by atomic mass is 16.5. The molecular formula is C18H21N3O2. The molecule has 0 fully saturated rings. The standard InChI is InChI=1S/C18H21N3O2/c1-13-8-15(10-18(2,3)9-13)20-21-17(22)12-23-16-6-4-14(11-19)5-7-16/h4-8H,9-10,12H2,1-3H3,(H,21,22)/b20-15-. The van der Waals surface area contributed by atoms with Crippen LogP contribution in [0.2, 0.25) is 0 Å². The molecule has 1 aliphatic carbocycles. The Kier molecular flexibility index (Phi) is 5.17. The van der Waals surface area contributed by atoms with Gasteiger partial charge < -0.3 is 4.74 Å². The third-order valence-electron chi connectivity index (χ3n) is 3.51. The molecule has 0 saturated carbocycles.